The summed E-state index contributed by atoms with van der Waals surface area (Å²) < 4.78 is 10.9. The smallest absolute Gasteiger partial charge is 0.0591 e. The van der Waals surface area contributed by atoms with Crippen LogP contribution < -0.4 is 5.32 Å². The topological polar surface area (TPSA) is 30.5 Å². The van der Waals surface area contributed by atoms with Crippen molar-refractivity contribution in [3.8, 4) is 0 Å². The van der Waals surface area contributed by atoms with E-state index in [-0.39, 0.29) is 0 Å². The van der Waals surface area contributed by atoms with Crippen molar-refractivity contribution < 1.29 is 9.47 Å². The fourth-order valence-corrected chi connectivity index (χ4v) is 1.80. The zero-order valence-corrected chi connectivity index (χ0v) is 12.1. The number of rotatable bonds is 12. The Morgan fingerprint density at radius 1 is 0.895 bits per heavy atom. The van der Waals surface area contributed by atoms with Gasteiger partial charge < -0.3 is 14.8 Å². The van der Waals surface area contributed by atoms with Crippen molar-refractivity contribution >= 4 is 0 Å². The van der Waals surface area contributed by atoms with Gasteiger partial charge in [0, 0.05) is 32.9 Å². The van der Waals surface area contributed by atoms with E-state index in [9.17, 15) is 0 Å². The van der Waals surface area contributed by atoms with Gasteiger partial charge in [-0.3, -0.25) is 0 Å². The van der Waals surface area contributed by atoms with Crippen LogP contribution in [0.2, 0.25) is 0 Å². The van der Waals surface area contributed by atoms with Crippen molar-refractivity contribution in [2.75, 3.05) is 33.0 Å². The third-order valence-electron chi connectivity index (χ3n) is 2.88. The first-order valence-corrected chi connectivity index (χ1v) is 7.33. The quantitative estimate of drug-likeness (QED) is 0.589. The molecule has 1 aromatic rings. The maximum atomic E-state index is 5.57. The molecular formula is C16H27NO2. The SMILES string of the molecule is CCOCCCCCOCCNCc1ccccc1. The van der Waals surface area contributed by atoms with Crippen LogP contribution >= 0.6 is 0 Å². The molecule has 0 aliphatic carbocycles. The summed E-state index contributed by atoms with van der Waals surface area (Å²) in [6, 6.07) is 10.4. The molecule has 0 aliphatic heterocycles. The largest absolute Gasteiger partial charge is 0.382 e. The van der Waals surface area contributed by atoms with Gasteiger partial charge in [-0.25, -0.2) is 0 Å². The second kappa shape index (κ2) is 12.2. The number of hydrogen-bond acceptors (Lipinski definition) is 3. The molecule has 3 nitrogen and oxygen atoms in total. The van der Waals surface area contributed by atoms with Crippen molar-refractivity contribution in [1.29, 1.82) is 0 Å². The first-order valence-electron chi connectivity index (χ1n) is 7.33. The Bertz CT molecular complexity index is 290. The van der Waals surface area contributed by atoms with E-state index in [1.165, 1.54) is 12.0 Å². The van der Waals surface area contributed by atoms with E-state index >= 15 is 0 Å². The van der Waals surface area contributed by atoms with Crippen LogP contribution in [-0.4, -0.2) is 33.0 Å². The van der Waals surface area contributed by atoms with Gasteiger partial charge in [0.25, 0.3) is 0 Å². The summed E-state index contributed by atoms with van der Waals surface area (Å²) in [6.07, 6.45) is 3.46. The molecule has 0 bridgehead atoms. The third-order valence-corrected chi connectivity index (χ3v) is 2.88. The van der Waals surface area contributed by atoms with Crippen LogP contribution in [0, 0.1) is 0 Å². The molecule has 0 atom stereocenters. The maximum absolute atomic E-state index is 5.57. The fraction of sp³-hybridized carbons (Fsp3) is 0.625. The Morgan fingerprint density at radius 3 is 2.37 bits per heavy atom. The molecule has 0 saturated heterocycles. The van der Waals surface area contributed by atoms with Gasteiger partial charge in [-0.15, -0.1) is 0 Å². The molecule has 1 aromatic carbocycles. The van der Waals surface area contributed by atoms with Crippen molar-refractivity contribution in [1.82, 2.24) is 5.32 Å². The molecule has 0 fully saturated rings. The molecule has 0 aliphatic rings. The number of hydrogen-bond donors (Lipinski definition) is 1. The normalized spacial score (nSPS) is 10.8. The van der Waals surface area contributed by atoms with Crippen LogP contribution in [0.4, 0.5) is 0 Å². The van der Waals surface area contributed by atoms with Crippen LogP contribution in [0.5, 0.6) is 0 Å². The van der Waals surface area contributed by atoms with Crippen LogP contribution in [0.25, 0.3) is 0 Å². The molecular weight excluding hydrogens is 238 g/mol. The Hall–Kier alpha value is -0.900. The average Bonchev–Trinajstić information content (AvgIpc) is 2.46. The summed E-state index contributed by atoms with van der Waals surface area (Å²) in [5.74, 6) is 0. The van der Waals surface area contributed by atoms with Gasteiger partial charge in [0.05, 0.1) is 6.61 Å². The zero-order valence-electron chi connectivity index (χ0n) is 12.1. The highest BCUT2D eigenvalue weighted by molar-refractivity contribution is 5.14. The highest BCUT2D eigenvalue weighted by atomic mass is 16.5. The van der Waals surface area contributed by atoms with Crippen molar-refractivity contribution in [2.24, 2.45) is 0 Å². The predicted octanol–water partition coefficient (Wildman–Crippen LogP) is 3.00. The minimum atomic E-state index is 0.790. The highest BCUT2D eigenvalue weighted by Crippen LogP contribution is 1.97. The van der Waals surface area contributed by atoms with Crippen LogP contribution in [0.15, 0.2) is 30.3 Å². The van der Waals surface area contributed by atoms with E-state index in [4.69, 9.17) is 9.47 Å². The van der Waals surface area contributed by atoms with Crippen LogP contribution in [-0.2, 0) is 16.0 Å². The summed E-state index contributed by atoms with van der Waals surface area (Å²) in [5, 5.41) is 3.38. The Kier molecular flexibility index (Phi) is 10.3. The molecule has 0 spiro atoms. The highest BCUT2D eigenvalue weighted by Gasteiger charge is 1.93. The summed E-state index contributed by atoms with van der Waals surface area (Å²) in [5.41, 5.74) is 1.32. The lowest BCUT2D eigenvalue weighted by Gasteiger charge is -2.06. The van der Waals surface area contributed by atoms with E-state index in [0.717, 1.165) is 52.4 Å². The fourth-order valence-electron chi connectivity index (χ4n) is 1.80. The van der Waals surface area contributed by atoms with Gasteiger partial charge in [-0.05, 0) is 31.7 Å². The van der Waals surface area contributed by atoms with Gasteiger partial charge in [0.15, 0.2) is 0 Å². The molecule has 0 aromatic heterocycles. The van der Waals surface area contributed by atoms with Gasteiger partial charge in [0.1, 0.15) is 0 Å². The first kappa shape index (κ1) is 16.2. The van der Waals surface area contributed by atoms with Gasteiger partial charge in [-0.2, -0.15) is 0 Å². The van der Waals surface area contributed by atoms with Gasteiger partial charge in [0.2, 0.25) is 0 Å². The van der Waals surface area contributed by atoms with Crippen molar-refractivity contribution in [2.45, 2.75) is 32.7 Å². The van der Waals surface area contributed by atoms with Crippen molar-refractivity contribution in [3.05, 3.63) is 35.9 Å². The molecule has 0 radical (unpaired) electrons. The van der Waals surface area contributed by atoms with Gasteiger partial charge in [-0.1, -0.05) is 30.3 Å². The predicted molar refractivity (Wildman–Crippen MR) is 79.3 cm³/mol. The second-order valence-electron chi connectivity index (χ2n) is 4.53. The molecule has 1 rings (SSSR count). The van der Waals surface area contributed by atoms with Crippen molar-refractivity contribution in [3.63, 3.8) is 0 Å². The first-order chi connectivity index (χ1) is 9.43. The van der Waals surface area contributed by atoms with Gasteiger partial charge >= 0.3 is 0 Å². The molecule has 0 saturated carbocycles. The number of benzene rings is 1. The Morgan fingerprint density at radius 2 is 1.63 bits per heavy atom. The van der Waals surface area contributed by atoms with Crippen LogP contribution in [0.1, 0.15) is 31.7 Å². The maximum Gasteiger partial charge on any atom is 0.0591 e. The number of ether oxygens (including phenoxy) is 2. The lowest BCUT2D eigenvalue weighted by molar-refractivity contribution is 0.120. The van der Waals surface area contributed by atoms with E-state index < -0.39 is 0 Å². The molecule has 1 N–H and O–H groups in total. The standard InChI is InChI=1S/C16H27NO2/c1-2-18-12-7-4-8-13-19-14-11-17-15-16-9-5-3-6-10-16/h3,5-6,9-10,17H,2,4,7-8,11-15H2,1H3. The van der Waals surface area contributed by atoms with E-state index in [1.54, 1.807) is 0 Å². The average molecular weight is 265 g/mol. The minimum Gasteiger partial charge on any atom is -0.382 e. The molecule has 0 amide bonds. The Balaban J connectivity index is 1.79. The lowest BCUT2D eigenvalue weighted by atomic mass is 10.2. The minimum absolute atomic E-state index is 0.790. The summed E-state index contributed by atoms with van der Waals surface area (Å²) in [6.45, 7) is 7.22. The van der Waals surface area contributed by atoms with E-state index in [2.05, 4.69) is 29.6 Å². The molecule has 108 valence electrons. The Labute approximate surface area is 117 Å². The van der Waals surface area contributed by atoms with Crippen LogP contribution in [0.3, 0.4) is 0 Å². The summed E-state index contributed by atoms with van der Waals surface area (Å²) >= 11 is 0. The lowest BCUT2D eigenvalue weighted by Crippen LogP contribution is -2.19. The monoisotopic (exact) mass is 265 g/mol. The molecule has 3 heteroatoms. The summed E-state index contributed by atoms with van der Waals surface area (Å²) in [7, 11) is 0. The second-order valence-corrected chi connectivity index (χ2v) is 4.53. The van der Waals surface area contributed by atoms with E-state index in [1.807, 2.05) is 13.0 Å². The zero-order chi connectivity index (χ0) is 13.6. The molecule has 19 heavy (non-hydrogen) atoms. The molecule has 0 unspecified atom stereocenters. The number of nitrogens with one attached hydrogen (secondary N) is 1. The summed E-state index contributed by atoms with van der Waals surface area (Å²) in [4.78, 5) is 0. The number of unbranched alkanes of at least 4 members (excludes halogenated alkanes) is 2. The third kappa shape index (κ3) is 9.65. The molecule has 0 heterocycles. The van der Waals surface area contributed by atoms with E-state index in [0.29, 0.717) is 0 Å².